The topological polar surface area (TPSA) is 279 Å². The number of hydrogen-bond donors (Lipinski definition) is 3. The summed E-state index contributed by atoms with van der Waals surface area (Å²) in [6, 6.07) is 7.97. The zero-order valence-corrected chi connectivity index (χ0v) is 30.7. The number of H-pyrrole nitrogens is 2. The summed E-state index contributed by atoms with van der Waals surface area (Å²) in [7, 11) is -2.32. The number of nitriles is 1. The number of carbonyl (C=O) groups excluding carboxylic acids is 1. The van der Waals surface area contributed by atoms with Gasteiger partial charge in [0.25, 0.3) is 16.8 Å². The number of nitro benzene ring substituents is 1. The van der Waals surface area contributed by atoms with Gasteiger partial charge in [-0.1, -0.05) is 25.1 Å². The SMILES string of the molecule is Cc1cn([C@H]2C[C@H](OC(=O)OCC(C)c3ccccc3[N+](=O)[O-])[C@@H](COP(OCCC#N)O[C@H]3C[C@H](n4cc(C)c(=O)[nH]c4=O)O[C@@H]3CO)O2)c(=O)[nH]c1=O. The molecule has 2 saturated heterocycles. The Morgan fingerprint density at radius 1 is 1.02 bits per heavy atom. The van der Waals surface area contributed by atoms with Gasteiger partial charge in [-0.3, -0.25) is 38.8 Å². The lowest BCUT2D eigenvalue weighted by Gasteiger charge is -2.25. The van der Waals surface area contributed by atoms with Gasteiger partial charge in [0.2, 0.25) is 0 Å². The second-order valence-electron chi connectivity index (χ2n) is 12.7. The summed E-state index contributed by atoms with van der Waals surface area (Å²) in [5, 5.41) is 30.7. The van der Waals surface area contributed by atoms with Gasteiger partial charge in [-0.25, -0.2) is 14.4 Å². The second kappa shape index (κ2) is 18.5. The van der Waals surface area contributed by atoms with Crippen molar-refractivity contribution in [2.24, 2.45) is 0 Å². The molecule has 1 aromatic carbocycles. The summed E-state index contributed by atoms with van der Waals surface area (Å²) in [4.78, 5) is 77.5. The molecule has 2 aromatic heterocycles. The number of ether oxygens (including phenoxy) is 4. The van der Waals surface area contributed by atoms with Crippen LogP contribution in [0.5, 0.6) is 0 Å². The first-order valence-electron chi connectivity index (χ1n) is 17.0. The van der Waals surface area contributed by atoms with Gasteiger partial charge < -0.3 is 37.6 Å². The van der Waals surface area contributed by atoms with Gasteiger partial charge in [0.15, 0.2) is 0 Å². The summed E-state index contributed by atoms with van der Waals surface area (Å²) in [6.07, 6.45) is -4.64. The third kappa shape index (κ3) is 10.2. The molecular formula is C33H39N6O15P. The maximum absolute atomic E-state index is 13.0. The molecule has 0 radical (unpaired) electrons. The molecule has 55 heavy (non-hydrogen) atoms. The molecule has 21 nitrogen and oxygen atoms in total. The predicted molar refractivity (Wildman–Crippen MR) is 188 cm³/mol. The van der Waals surface area contributed by atoms with Gasteiger partial charge in [0.1, 0.15) is 37.4 Å². The number of aliphatic hydroxyl groups excluding tert-OH is 1. The lowest BCUT2D eigenvalue weighted by Crippen LogP contribution is -2.33. The minimum Gasteiger partial charge on any atom is -0.434 e. The molecule has 0 spiro atoms. The molecule has 4 heterocycles. The molecule has 0 amide bonds. The Morgan fingerprint density at radius 2 is 1.62 bits per heavy atom. The van der Waals surface area contributed by atoms with Crippen molar-refractivity contribution in [1.29, 1.82) is 5.26 Å². The van der Waals surface area contributed by atoms with E-state index in [1.165, 1.54) is 38.4 Å². The fourth-order valence-corrected chi connectivity index (χ4v) is 7.06. The zero-order chi connectivity index (χ0) is 39.8. The Hall–Kier alpha value is -5.07. The average Bonchev–Trinajstić information content (AvgIpc) is 3.75. The van der Waals surface area contributed by atoms with Crippen LogP contribution in [-0.2, 0) is 32.5 Å². The predicted octanol–water partition coefficient (Wildman–Crippen LogP) is 2.06. The summed E-state index contributed by atoms with van der Waals surface area (Å²) < 4.78 is 43.0. The molecule has 3 N–H and O–H groups in total. The van der Waals surface area contributed by atoms with Crippen LogP contribution in [0, 0.1) is 35.3 Å². The van der Waals surface area contributed by atoms with E-state index in [2.05, 4.69) is 9.97 Å². The fraction of sp³-hybridized carbons (Fsp3) is 0.515. The Morgan fingerprint density at radius 3 is 2.22 bits per heavy atom. The molecule has 22 heteroatoms. The maximum atomic E-state index is 13.0. The normalized spacial score (nSPS) is 23.2. The lowest BCUT2D eigenvalue weighted by molar-refractivity contribution is -0.385. The number of nitrogens with zero attached hydrogens (tertiary/aromatic N) is 4. The van der Waals surface area contributed by atoms with E-state index < -0.39 is 91.6 Å². The minimum absolute atomic E-state index is 0.0268. The van der Waals surface area contributed by atoms with E-state index in [4.69, 9.17) is 37.8 Å². The summed E-state index contributed by atoms with van der Waals surface area (Å²) in [5.41, 5.74) is -2.00. The van der Waals surface area contributed by atoms with Gasteiger partial charge in [0, 0.05) is 53.9 Å². The number of hydrogen-bond acceptors (Lipinski definition) is 16. The van der Waals surface area contributed by atoms with Crippen molar-refractivity contribution in [2.45, 2.75) is 82.8 Å². The Balaban J connectivity index is 1.31. The number of aromatic amines is 2. The smallest absolute Gasteiger partial charge is 0.434 e. The van der Waals surface area contributed by atoms with Crippen molar-refractivity contribution in [3.8, 4) is 6.07 Å². The third-order valence-corrected chi connectivity index (χ3v) is 9.99. The van der Waals surface area contributed by atoms with E-state index in [0.29, 0.717) is 5.56 Å². The number of aryl methyl sites for hydroxylation is 2. The third-order valence-electron chi connectivity index (χ3n) is 8.79. The van der Waals surface area contributed by atoms with Gasteiger partial charge in [0.05, 0.1) is 43.3 Å². The van der Waals surface area contributed by atoms with E-state index in [1.54, 1.807) is 19.1 Å². The number of para-hydroxylation sites is 1. The lowest BCUT2D eigenvalue weighted by atomic mass is 10.0. The molecule has 2 aliphatic rings. The van der Waals surface area contributed by atoms with Crippen molar-refractivity contribution in [3.63, 3.8) is 0 Å². The van der Waals surface area contributed by atoms with E-state index >= 15 is 0 Å². The standard InChI is InChI=1S/C33H39N6O15P/c1-18-13-37(31(43)35-29(18)41)27-11-23(53-33(45)48-16-20(3)21-7-4-5-8-22(21)39(46)47)26(52-27)17-50-55(49-10-6-9-34)54-24-12-28(51-25(24)15-40)38-14-19(2)30(42)36-32(38)44/h4-5,7-8,13-14,20,23-28,40H,6,10-12,15-17H2,1-3H3,(H,35,41,43)(H,36,42,44)/t20?,23-,24-,25+,26+,27+,28+,55?/m0/s1. The number of aromatic nitrogens is 4. The Labute approximate surface area is 312 Å². The van der Waals surface area contributed by atoms with Crippen LogP contribution in [0.25, 0.3) is 0 Å². The van der Waals surface area contributed by atoms with Crippen LogP contribution in [0.3, 0.4) is 0 Å². The molecule has 2 unspecified atom stereocenters. The Kier molecular flexibility index (Phi) is 13.8. The van der Waals surface area contributed by atoms with Crippen LogP contribution in [0.15, 0.2) is 55.8 Å². The fourth-order valence-electron chi connectivity index (χ4n) is 5.91. The molecule has 2 aliphatic heterocycles. The number of nitrogens with one attached hydrogen (secondary N) is 2. The summed E-state index contributed by atoms with van der Waals surface area (Å²) in [6.45, 7) is 3.36. The minimum atomic E-state index is -2.32. The molecule has 3 aromatic rings. The number of nitro groups is 1. The van der Waals surface area contributed by atoms with Crippen molar-refractivity contribution in [2.75, 3.05) is 26.4 Å². The molecule has 0 aliphatic carbocycles. The first-order valence-corrected chi connectivity index (χ1v) is 18.1. The van der Waals surface area contributed by atoms with Crippen LogP contribution in [0.2, 0.25) is 0 Å². The highest BCUT2D eigenvalue weighted by Crippen LogP contribution is 2.46. The van der Waals surface area contributed by atoms with E-state index in [0.717, 1.165) is 9.13 Å². The van der Waals surface area contributed by atoms with E-state index in [-0.39, 0.29) is 55.9 Å². The van der Waals surface area contributed by atoms with Gasteiger partial charge in [-0.15, -0.1) is 0 Å². The first kappa shape index (κ1) is 41.1. The maximum Gasteiger partial charge on any atom is 0.508 e. The van der Waals surface area contributed by atoms with Gasteiger partial charge in [-0.2, -0.15) is 5.26 Å². The Bertz CT molecular complexity index is 2130. The van der Waals surface area contributed by atoms with Crippen molar-refractivity contribution < 1.29 is 47.3 Å². The number of carbonyl (C=O) groups is 1. The van der Waals surface area contributed by atoms with Crippen LogP contribution in [-0.4, -0.2) is 86.1 Å². The second-order valence-corrected chi connectivity index (χ2v) is 13.9. The van der Waals surface area contributed by atoms with E-state index in [9.17, 15) is 39.2 Å². The molecule has 8 atom stereocenters. The average molecular weight is 791 g/mol. The summed E-state index contributed by atoms with van der Waals surface area (Å²) in [5.74, 6) is -0.580. The molecule has 296 valence electrons. The zero-order valence-electron chi connectivity index (χ0n) is 29.9. The highest BCUT2D eigenvalue weighted by Gasteiger charge is 2.43. The number of rotatable bonds is 16. The van der Waals surface area contributed by atoms with Crippen LogP contribution in [0.1, 0.15) is 61.3 Å². The van der Waals surface area contributed by atoms with Crippen LogP contribution in [0.4, 0.5) is 10.5 Å². The molecule has 5 rings (SSSR count). The van der Waals surface area contributed by atoms with Crippen LogP contribution >= 0.6 is 8.60 Å². The molecular weight excluding hydrogens is 751 g/mol. The first-order chi connectivity index (χ1) is 26.3. The molecule has 2 fully saturated rings. The largest absolute Gasteiger partial charge is 0.508 e. The quantitative estimate of drug-likeness (QED) is 0.0615. The van der Waals surface area contributed by atoms with Crippen molar-refractivity contribution >= 4 is 20.4 Å². The highest BCUT2D eigenvalue weighted by molar-refractivity contribution is 7.41. The molecule has 0 saturated carbocycles. The number of benzene rings is 1. The van der Waals surface area contributed by atoms with Crippen molar-refractivity contribution in [1.82, 2.24) is 19.1 Å². The molecule has 0 bridgehead atoms. The van der Waals surface area contributed by atoms with Crippen molar-refractivity contribution in [3.05, 3.63) is 105 Å². The van der Waals surface area contributed by atoms with Gasteiger partial charge in [-0.05, 0) is 13.8 Å². The summed E-state index contributed by atoms with van der Waals surface area (Å²) >= 11 is 0. The van der Waals surface area contributed by atoms with E-state index in [1.807, 2.05) is 6.07 Å². The van der Waals surface area contributed by atoms with Gasteiger partial charge >= 0.3 is 26.1 Å². The van der Waals surface area contributed by atoms with Crippen LogP contribution < -0.4 is 22.5 Å². The monoisotopic (exact) mass is 790 g/mol. The number of aliphatic hydroxyl groups is 1. The highest BCUT2D eigenvalue weighted by atomic mass is 31.2.